The van der Waals surface area contributed by atoms with Crippen LogP contribution in [0.2, 0.25) is 0 Å². The van der Waals surface area contributed by atoms with E-state index in [2.05, 4.69) is 25.3 Å². The molecule has 0 radical (unpaired) electrons. The number of benzene rings is 1. The molecule has 0 aliphatic heterocycles. The van der Waals surface area contributed by atoms with Gasteiger partial charge in [0.05, 0.1) is 19.3 Å². The van der Waals surface area contributed by atoms with Crippen molar-refractivity contribution in [3.63, 3.8) is 0 Å². The molecule has 2 aromatic rings. The zero-order chi connectivity index (χ0) is 22.1. The first kappa shape index (κ1) is 26.0. The number of nitrogens with zero attached hydrogens (tertiary/aromatic N) is 2. The van der Waals surface area contributed by atoms with Crippen molar-refractivity contribution < 1.29 is 23.4 Å². The standard InChI is InChI=1S/C22H28F2N4O3.HI/c1-2-25-22(27-12-16-9-10-26-20(11-16)30-14-15-3-4-15)28-13-19(29)17-5-7-18(8-6-17)31-21(23)24;/h5-11,15,19,21,29H,2-4,12-14H2,1H3,(H2,25,27,28);1H. The fraction of sp³-hybridized carbons (Fsp3) is 0.455. The van der Waals surface area contributed by atoms with Gasteiger partial charge in [0.15, 0.2) is 5.96 Å². The van der Waals surface area contributed by atoms with Crippen molar-refractivity contribution in [2.24, 2.45) is 10.9 Å². The van der Waals surface area contributed by atoms with E-state index in [0.29, 0.717) is 43.0 Å². The molecule has 1 aromatic carbocycles. The highest BCUT2D eigenvalue weighted by molar-refractivity contribution is 14.0. The van der Waals surface area contributed by atoms with E-state index in [1.54, 1.807) is 18.3 Å². The number of halogens is 3. The zero-order valence-electron chi connectivity index (χ0n) is 17.8. The number of ether oxygens (including phenoxy) is 2. The molecule has 1 heterocycles. The number of hydrogen-bond acceptors (Lipinski definition) is 5. The maximum absolute atomic E-state index is 12.2. The first-order chi connectivity index (χ1) is 15.0. The van der Waals surface area contributed by atoms with Gasteiger partial charge in [-0.1, -0.05) is 12.1 Å². The molecule has 7 nitrogen and oxygen atoms in total. The van der Waals surface area contributed by atoms with Gasteiger partial charge >= 0.3 is 6.61 Å². The topological polar surface area (TPSA) is 88.0 Å². The van der Waals surface area contributed by atoms with Crippen LogP contribution in [0.15, 0.2) is 47.6 Å². The molecule has 1 unspecified atom stereocenters. The molecule has 1 aromatic heterocycles. The number of guanidine groups is 1. The van der Waals surface area contributed by atoms with Crippen LogP contribution < -0.4 is 20.1 Å². The van der Waals surface area contributed by atoms with Crippen molar-refractivity contribution in [1.82, 2.24) is 15.6 Å². The lowest BCUT2D eigenvalue weighted by atomic mass is 10.1. The molecule has 0 amide bonds. The minimum Gasteiger partial charge on any atom is -0.477 e. The molecule has 1 atom stereocenters. The minimum atomic E-state index is -2.88. The van der Waals surface area contributed by atoms with E-state index in [4.69, 9.17) is 4.74 Å². The van der Waals surface area contributed by atoms with E-state index in [-0.39, 0.29) is 36.3 Å². The van der Waals surface area contributed by atoms with E-state index in [1.165, 1.54) is 25.0 Å². The molecule has 10 heteroatoms. The van der Waals surface area contributed by atoms with Gasteiger partial charge in [-0.2, -0.15) is 8.78 Å². The highest BCUT2D eigenvalue weighted by Gasteiger charge is 2.22. The Balaban J connectivity index is 0.00000363. The van der Waals surface area contributed by atoms with Crippen LogP contribution in [-0.2, 0) is 6.54 Å². The number of aliphatic imine (C=N–C) groups is 1. The van der Waals surface area contributed by atoms with E-state index in [9.17, 15) is 13.9 Å². The number of hydrogen-bond donors (Lipinski definition) is 3. The molecule has 1 aliphatic rings. The van der Waals surface area contributed by atoms with Crippen molar-refractivity contribution >= 4 is 29.9 Å². The quantitative estimate of drug-likeness (QED) is 0.219. The Labute approximate surface area is 203 Å². The Morgan fingerprint density at radius 2 is 1.97 bits per heavy atom. The third-order valence-corrected chi connectivity index (χ3v) is 4.68. The predicted molar refractivity (Wildman–Crippen MR) is 129 cm³/mol. The first-order valence-corrected chi connectivity index (χ1v) is 10.4. The summed E-state index contributed by atoms with van der Waals surface area (Å²) in [6.45, 7) is 1.06. The molecule has 32 heavy (non-hydrogen) atoms. The molecule has 1 aliphatic carbocycles. The Kier molecular flexibility index (Phi) is 10.9. The lowest BCUT2D eigenvalue weighted by Gasteiger charge is -2.16. The van der Waals surface area contributed by atoms with Crippen molar-refractivity contribution in [3.8, 4) is 11.6 Å². The van der Waals surface area contributed by atoms with Gasteiger partial charge in [0, 0.05) is 25.4 Å². The Morgan fingerprint density at radius 3 is 2.62 bits per heavy atom. The zero-order valence-corrected chi connectivity index (χ0v) is 20.2. The molecule has 1 saturated carbocycles. The molecule has 0 bridgehead atoms. The fourth-order valence-electron chi connectivity index (χ4n) is 2.81. The SMILES string of the molecule is CCNC(=NCc1ccnc(OCC2CC2)c1)NCC(O)c1ccc(OC(F)F)cc1.I. The molecule has 3 rings (SSSR count). The van der Waals surface area contributed by atoms with Crippen LogP contribution in [0.3, 0.4) is 0 Å². The average molecular weight is 562 g/mol. The smallest absolute Gasteiger partial charge is 0.387 e. The summed E-state index contributed by atoms with van der Waals surface area (Å²) >= 11 is 0. The molecule has 176 valence electrons. The molecule has 0 saturated heterocycles. The van der Waals surface area contributed by atoms with Gasteiger partial charge in [-0.05, 0) is 55.0 Å². The second kappa shape index (κ2) is 13.4. The lowest BCUT2D eigenvalue weighted by Crippen LogP contribution is -2.39. The molecule has 3 N–H and O–H groups in total. The monoisotopic (exact) mass is 562 g/mol. The summed E-state index contributed by atoms with van der Waals surface area (Å²) in [5, 5.41) is 16.6. The van der Waals surface area contributed by atoms with Crippen molar-refractivity contribution in [1.29, 1.82) is 0 Å². The van der Waals surface area contributed by atoms with Gasteiger partial charge in [-0.3, -0.25) is 0 Å². The summed E-state index contributed by atoms with van der Waals surface area (Å²) in [5.41, 5.74) is 1.55. The Hall–Kier alpha value is -2.21. The molecular formula is C22H29F2IN4O3. The minimum absolute atomic E-state index is 0. The number of rotatable bonds is 11. The van der Waals surface area contributed by atoms with Gasteiger partial charge < -0.3 is 25.2 Å². The number of pyridine rings is 1. The predicted octanol–water partition coefficient (Wildman–Crippen LogP) is 3.88. The normalized spacial score (nSPS) is 14.5. The van der Waals surface area contributed by atoms with Crippen molar-refractivity contribution in [3.05, 3.63) is 53.7 Å². The van der Waals surface area contributed by atoms with E-state index in [1.807, 2.05) is 19.1 Å². The summed E-state index contributed by atoms with van der Waals surface area (Å²) in [6, 6.07) is 9.66. The summed E-state index contributed by atoms with van der Waals surface area (Å²) in [5.74, 6) is 1.86. The third-order valence-electron chi connectivity index (χ3n) is 4.68. The second-order valence-electron chi connectivity index (χ2n) is 7.30. The van der Waals surface area contributed by atoms with Gasteiger partial charge in [-0.25, -0.2) is 9.98 Å². The number of aliphatic hydroxyl groups is 1. The number of nitrogens with one attached hydrogen (secondary N) is 2. The number of aromatic nitrogens is 1. The number of aliphatic hydroxyl groups excluding tert-OH is 1. The molecule has 1 fully saturated rings. The average Bonchev–Trinajstić information content (AvgIpc) is 3.59. The third kappa shape index (κ3) is 9.11. The van der Waals surface area contributed by atoms with E-state index in [0.717, 1.165) is 5.56 Å². The van der Waals surface area contributed by atoms with Crippen LogP contribution in [0.5, 0.6) is 11.6 Å². The summed E-state index contributed by atoms with van der Waals surface area (Å²) in [4.78, 5) is 8.77. The summed E-state index contributed by atoms with van der Waals surface area (Å²) in [6.07, 6.45) is 3.31. The van der Waals surface area contributed by atoms with E-state index >= 15 is 0 Å². The fourth-order valence-corrected chi connectivity index (χ4v) is 2.81. The number of alkyl halides is 2. The highest BCUT2D eigenvalue weighted by Crippen LogP contribution is 2.29. The van der Waals surface area contributed by atoms with Crippen LogP contribution in [-0.4, -0.2) is 42.4 Å². The summed E-state index contributed by atoms with van der Waals surface area (Å²) in [7, 11) is 0. The van der Waals surface area contributed by atoms with Crippen molar-refractivity contribution in [2.45, 2.75) is 39.0 Å². The van der Waals surface area contributed by atoms with Crippen LogP contribution in [0.4, 0.5) is 8.78 Å². The maximum Gasteiger partial charge on any atom is 0.387 e. The van der Waals surface area contributed by atoms with Gasteiger partial charge in [0.25, 0.3) is 0 Å². The van der Waals surface area contributed by atoms with Gasteiger partial charge in [0.2, 0.25) is 5.88 Å². The highest BCUT2D eigenvalue weighted by atomic mass is 127. The van der Waals surface area contributed by atoms with Crippen LogP contribution >= 0.6 is 24.0 Å². The maximum atomic E-state index is 12.2. The van der Waals surface area contributed by atoms with Crippen LogP contribution in [0.1, 0.15) is 37.0 Å². The first-order valence-electron chi connectivity index (χ1n) is 10.4. The Bertz CT molecular complexity index is 851. The largest absolute Gasteiger partial charge is 0.477 e. The van der Waals surface area contributed by atoms with Gasteiger partial charge in [0.1, 0.15) is 5.75 Å². The Morgan fingerprint density at radius 1 is 1.22 bits per heavy atom. The lowest BCUT2D eigenvalue weighted by molar-refractivity contribution is -0.0498. The summed E-state index contributed by atoms with van der Waals surface area (Å²) < 4.78 is 34.5. The van der Waals surface area contributed by atoms with Crippen molar-refractivity contribution in [2.75, 3.05) is 19.7 Å². The van der Waals surface area contributed by atoms with Crippen LogP contribution in [0.25, 0.3) is 0 Å². The molecular weight excluding hydrogens is 533 g/mol. The van der Waals surface area contributed by atoms with Gasteiger partial charge in [-0.15, -0.1) is 24.0 Å². The van der Waals surface area contributed by atoms with E-state index < -0.39 is 12.7 Å². The van der Waals surface area contributed by atoms with Crippen LogP contribution in [0, 0.1) is 5.92 Å². The molecule has 0 spiro atoms. The second-order valence-corrected chi connectivity index (χ2v) is 7.30.